The lowest BCUT2D eigenvalue weighted by atomic mass is 10.1. The predicted octanol–water partition coefficient (Wildman–Crippen LogP) is 4.39. The lowest BCUT2D eigenvalue weighted by Crippen LogP contribution is -2.15. The van der Waals surface area contributed by atoms with Crippen molar-refractivity contribution in [3.63, 3.8) is 0 Å². The Morgan fingerprint density at radius 2 is 1.78 bits per heavy atom. The Morgan fingerprint density at radius 1 is 1.03 bits per heavy atom. The standard InChI is InChI=1S/C24H23ClN4O3/c1-15-12-21(16(2)28(15)11-10-18-4-7-20(25)8-5-18)22(30)14-32-24(31)19-6-9-23-27-26-17(3)29(23)13-19/h4-9,12-13H,10-11,14H2,1-3H3. The molecule has 7 nitrogen and oxygen atoms in total. The van der Waals surface area contributed by atoms with Gasteiger partial charge in [-0.05, 0) is 63.1 Å². The number of nitrogens with zero attached hydrogens (tertiary/aromatic N) is 4. The van der Waals surface area contributed by atoms with Crippen LogP contribution in [0.3, 0.4) is 0 Å². The normalized spacial score (nSPS) is 11.1. The summed E-state index contributed by atoms with van der Waals surface area (Å²) in [5, 5.41) is 8.67. The van der Waals surface area contributed by atoms with E-state index in [4.69, 9.17) is 16.3 Å². The molecule has 0 unspecified atom stereocenters. The van der Waals surface area contributed by atoms with Crippen molar-refractivity contribution in [2.45, 2.75) is 33.7 Å². The van der Waals surface area contributed by atoms with Crippen LogP contribution >= 0.6 is 11.6 Å². The highest BCUT2D eigenvalue weighted by Gasteiger charge is 2.18. The number of benzene rings is 1. The van der Waals surface area contributed by atoms with Gasteiger partial charge >= 0.3 is 5.97 Å². The van der Waals surface area contributed by atoms with Gasteiger partial charge in [0.25, 0.3) is 0 Å². The second-order valence-electron chi connectivity index (χ2n) is 7.71. The first-order valence-corrected chi connectivity index (χ1v) is 10.6. The molecule has 4 aromatic rings. The Morgan fingerprint density at radius 3 is 2.53 bits per heavy atom. The minimum Gasteiger partial charge on any atom is -0.454 e. The van der Waals surface area contributed by atoms with E-state index in [-0.39, 0.29) is 12.4 Å². The fraction of sp³-hybridized carbons (Fsp3) is 0.250. The van der Waals surface area contributed by atoms with Crippen LogP contribution in [0.25, 0.3) is 5.65 Å². The van der Waals surface area contributed by atoms with E-state index in [2.05, 4.69) is 14.8 Å². The summed E-state index contributed by atoms with van der Waals surface area (Å²) in [6.45, 7) is 6.09. The summed E-state index contributed by atoms with van der Waals surface area (Å²) in [4.78, 5) is 25.2. The molecule has 3 heterocycles. The van der Waals surface area contributed by atoms with Gasteiger partial charge in [-0.25, -0.2) is 4.79 Å². The number of carbonyl (C=O) groups excluding carboxylic acids is 2. The van der Waals surface area contributed by atoms with E-state index in [1.54, 1.807) is 29.7 Å². The molecule has 0 N–H and O–H groups in total. The second kappa shape index (κ2) is 8.96. The molecule has 0 atom stereocenters. The number of aryl methyl sites for hydroxylation is 3. The molecule has 32 heavy (non-hydrogen) atoms. The highest BCUT2D eigenvalue weighted by molar-refractivity contribution is 6.30. The van der Waals surface area contributed by atoms with Crippen LogP contribution in [-0.2, 0) is 17.7 Å². The number of pyridine rings is 1. The SMILES string of the molecule is Cc1cc(C(=O)COC(=O)c2ccc3nnc(C)n3c2)c(C)n1CCc1ccc(Cl)cc1. The van der Waals surface area contributed by atoms with Gasteiger partial charge in [0, 0.05) is 34.7 Å². The molecule has 0 aliphatic carbocycles. The first-order chi connectivity index (χ1) is 15.3. The zero-order chi connectivity index (χ0) is 22.8. The van der Waals surface area contributed by atoms with Gasteiger partial charge in [-0.1, -0.05) is 23.7 Å². The number of hydrogen-bond donors (Lipinski definition) is 0. The zero-order valence-electron chi connectivity index (χ0n) is 18.1. The zero-order valence-corrected chi connectivity index (χ0v) is 18.9. The van der Waals surface area contributed by atoms with Gasteiger partial charge in [0.15, 0.2) is 12.3 Å². The molecule has 164 valence electrons. The number of hydrogen-bond acceptors (Lipinski definition) is 5. The molecule has 4 rings (SSSR count). The quantitative estimate of drug-likeness (QED) is 0.308. The maximum atomic E-state index is 12.8. The lowest BCUT2D eigenvalue weighted by Gasteiger charge is -2.10. The molecule has 0 bridgehead atoms. The van der Waals surface area contributed by atoms with Crippen LogP contribution in [0.2, 0.25) is 5.02 Å². The van der Waals surface area contributed by atoms with Crippen molar-refractivity contribution in [3.05, 3.63) is 87.6 Å². The third-order valence-corrected chi connectivity index (χ3v) is 5.81. The molecule has 0 aliphatic heterocycles. The number of fused-ring (bicyclic) bond motifs is 1. The Hall–Kier alpha value is -3.45. The van der Waals surface area contributed by atoms with Gasteiger partial charge in [0.05, 0.1) is 5.56 Å². The predicted molar refractivity (Wildman–Crippen MR) is 121 cm³/mol. The summed E-state index contributed by atoms with van der Waals surface area (Å²) in [5.74, 6) is -0.132. The summed E-state index contributed by atoms with van der Waals surface area (Å²) in [7, 11) is 0. The summed E-state index contributed by atoms with van der Waals surface area (Å²) >= 11 is 5.95. The number of halogens is 1. The van der Waals surface area contributed by atoms with Crippen molar-refractivity contribution in [2.75, 3.05) is 6.61 Å². The maximum absolute atomic E-state index is 12.8. The number of ether oxygens (including phenoxy) is 1. The minimum atomic E-state index is -0.565. The molecular formula is C24H23ClN4O3. The molecule has 0 fully saturated rings. The van der Waals surface area contributed by atoms with E-state index in [9.17, 15) is 9.59 Å². The molecule has 1 aromatic carbocycles. The van der Waals surface area contributed by atoms with E-state index in [0.717, 1.165) is 24.4 Å². The molecule has 0 aliphatic rings. The van der Waals surface area contributed by atoms with Crippen molar-refractivity contribution in [1.82, 2.24) is 19.2 Å². The van der Waals surface area contributed by atoms with Gasteiger partial charge in [-0.15, -0.1) is 10.2 Å². The van der Waals surface area contributed by atoms with Crippen LogP contribution in [0.1, 0.15) is 43.5 Å². The number of carbonyl (C=O) groups is 2. The smallest absolute Gasteiger partial charge is 0.340 e. The van der Waals surface area contributed by atoms with Crippen LogP contribution in [0.15, 0.2) is 48.7 Å². The van der Waals surface area contributed by atoms with Crippen molar-refractivity contribution >= 4 is 29.0 Å². The van der Waals surface area contributed by atoms with E-state index in [1.165, 1.54) is 5.56 Å². The largest absolute Gasteiger partial charge is 0.454 e. The van der Waals surface area contributed by atoms with Crippen molar-refractivity contribution < 1.29 is 14.3 Å². The molecule has 8 heteroatoms. The summed E-state index contributed by atoms with van der Waals surface area (Å²) < 4.78 is 9.09. The second-order valence-corrected chi connectivity index (χ2v) is 8.14. The monoisotopic (exact) mass is 450 g/mol. The van der Waals surface area contributed by atoms with E-state index < -0.39 is 5.97 Å². The van der Waals surface area contributed by atoms with Crippen molar-refractivity contribution in [1.29, 1.82) is 0 Å². The lowest BCUT2D eigenvalue weighted by molar-refractivity contribution is 0.0474. The van der Waals surface area contributed by atoms with Crippen LogP contribution in [0.4, 0.5) is 0 Å². The Balaban J connectivity index is 1.41. The van der Waals surface area contributed by atoms with Gasteiger partial charge in [-0.3, -0.25) is 9.20 Å². The highest BCUT2D eigenvalue weighted by atomic mass is 35.5. The topological polar surface area (TPSA) is 78.5 Å². The van der Waals surface area contributed by atoms with Gasteiger partial charge in [0.1, 0.15) is 5.82 Å². The van der Waals surface area contributed by atoms with E-state index >= 15 is 0 Å². The number of rotatable bonds is 7. The van der Waals surface area contributed by atoms with E-state index in [1.807, 2.05) is 44.2 Å². The summed E-state index contributed by atoms with van der Waals surface area (Å²) in [5.41, 5.74) is 4.56. The minimum absolute atomic E-state index is 0.231. The third kappa shape index (κ3) is 4.43. The average molecular weight is 451 g/mol. The molecule has 0 spiro atoms. The number of Topliss-reactive ketones (excluding diaryl/α,β-unsaturated/α-hetero) is 1. The Bertz CT molecular complexity index is 1310. The number of esters is 1. The molecule has 3 aromatic heterocycles. The molecule has 0 amide bonds. The number of aromatic nitrogens is 4. The van der Waals surface area contributed by atoms with E-state index in [0.29, 0.717) is 27.6 Å². The van der Waals surface area contributed by atoms with Crippen molar-refractivity contribution in [2.24, 2.45) is 0 Å². The molecule has 0 saturated heterocycles. The Labute approximate surface area is 190 Å². The van der Waals surface area contributed by atoms with Crippen molar-refractivity contribution in [3.8, 4) is 0 Å². The van der Waals surface area contributed by atoms with Gasteiger partial charge in [0.2, 0.25) is 5.78 Å². The maximum Gasteiger partial charge on any atom is 0.340 e. The van der Waals surface area contributed by atoms with Crippen LogP contribution < -0.4 is 0 Å². The first kappa shape index (κ1) is 21.8. The van der Waals surface area contributed by atoms with Gasteiger partial charge in [-0.2, -0.15) is 0 Å². The van der Waals surface area contributed by atoms with Crippen LogP contribution in [-0.4, -0.2) is 37.5 Å². The summed E-state index contributed by atoms with van der Waals surface area (Å²) in [6.07, 6.45) is 2.43. The fourth-order valence-corrected chi connectivity index (χ4v) is 3.86. The Kier molecular flexibility index (Phi) is 6.10. The molecule has 0 radical (unpaired) electrons. The first-order valence-electron chi connectivity index (χ1n) is 10.3. The molecular weight excluding hydrogens is 428 g/mol. The third-order valence-electron chi connectivity index (χ3n) is 5.55. The average Bonchev–Trinajstić information content (AvgIpc) is 3.30. The highest BCUT2D eigenvalue weighted by Crippen LogP contribution is 2.18. The van der Waals surface area contributed by atoms with Crippen LogP contribution in [0, 0.1) is 20.8 Å². The number of ketones is 1. The van der Waals surface area contributed by atoms with Gasteiger partial charge < -0.3 is 9.30 Å². The van der Waals surface area contributed by atoms with Crippen LogP contribution in [0.5, 0.6) is 0 Å². The molecule has 0 saturated carbocycles. The summed E-state index contributed by atoms with van der Waals surface area (Å²) in [6, 6.07) is 12.9. The fourth-order valence-electron chi connectivity index (χ4n) is 3.74.